The Hall–Kier alpha value is -3.11. The molecule has 0 saturated carbocycles. The van der Waals surface area contributed by atoms with Crippen LogP contribution in [0.5, 0.6) is 11.5 Å². The van der Waals surface area contributed by atoms with Crippen LogP contribution in [0.4, 0.5) is 5.69 Å². The number of hydrogen-bond acceptors (Lipinski definition) is 7. The Balaban J connectivity index is 1.48. The molecule has 2 N–H and O–H groups in total. The first-order chi connectivity index (χ1) is 13.9. The molecule has 0 radical (unpaired) electrons. The Morgan fingerprint density at radius 1 is 1.17 bits per heavy atom. The Bertz CT molecular complexity index is 1170. The monoisotopic (exact) mass is 431 g/mol. The van der Waals surface area contributed by atoms with Gasteiger partial charge in [0.25, 0.3) is 15.9 Å². The number of aryl methyl sites for hydroxylation is 1. The molecule has 0 spiro atoms. The van der Waals surface area contributed by atoms with Gasteiger partial charge in [0, 0.05) is 22.7 Å². The normalized spacial score (nSPS) is 12.6. The van der Waals surface area contributed by atoms with Gasteiger partial charge in [0.15, 0.2) is 11.5 Å². The summed E-state index contributed by atoms with van der Waals surface area (Å²) in [5, 5.41) is 5.43. The SMILES string of the molecule is Cc1csc(CNC(=O)c2cccc(S(=O)(=O)Nc3ccc4c(c3)OCO4)c2)n1. The summed E-state index contributed by atoms with van der Waals surface area (Å²) in [6.45, 7) is 2.26. The number of rotatable bonds is 6. The fourth-order valence-electron chi connectivity index (χ4n) is 2.72. The fraction of sp³-hybridized carbons (Fsp3) is 0.158. The van der Waals surface area contributed by atoms with Crippen molar-refractivity contribution < 1.29 is 22.7 Å². The van der Waals surface area contributed by atoms with Crippen LogP contribution in [0, 0.1) is 6.92 Å². The van der Waals surface area contributed by atoms with Gasteiger partial charge in [-0.15, -0.1) is 11.3 Å². The standard InChI is InChI=1S/C19H17N3O5S2/c1-12-10-28-18(21-12)9-20-19(23)13-3-2-4-15(7-13)29(24,25)22-14-5-6-16-17(8-14)27-11-26-16/h2-8,10,22H,9,11H2,1H3,(H,20,23). The van der Waals surface area contributed by atoms with E-state index in [2.05, 4.69) is 15.0 Å². The van der Waals surface area contributed by atoms with Gasteiger partial charge in [-0.25, -0.2) is 13.4 Å². The number of fused-ring (bicyclic) bond motifs is 1. The van der Waals surface area contributed by atoms with Crippen molar-refractivity contribution in [3.8, 4) is 11.5 Å². The van der Waals surface area contributed by atoms with Gasteiger partial charge >= 0.3 is 0 Å². The zero-order valence-corrected chi connectivity index (χ0v) is 17.0. The molecule has 2 heterocycles. The summed E-state index contributed by atoms with van der Waals surface area (Å²) in [5.41, 5.74) is 1.47. The molecule has 150 valence electrons. The number of carbonyl (C=O) groups is 1. The lowest BCUT2D eigenvalue weighted by atomic mass is 10.2. The first kappa shape index (κ1) is 19.2. The molecule has 10 heteroatoms. The highest BCUT2D eigenvalue weighted by molar-refractivity contribution is 7.92. The van der Waals surface area contributed by atoms with Crippen LogP contribution in [0.25, 0.3) is 0 Å². The van der Waals surface area contributed by atoms with Crippen LogP contribution in [0.2, 0.25) is 0 Å². The van der Waals surface area contributed by atoms with Crippen LogP contribution in [-0.4, -0.2) is 26.1 Å². The van der Waals surface area contributed by atoms with Crippen molar-refractivity contribution in [2.45, 2.75) is 18.4 Å². The number of ether oxygens (including phenoxy) is 2. The van der Waals surface area contributed by atoms with Crippen molar-refractivity contribution in [2.75, 3.05) is 11.5 Å². The number of hydrogen-bond donors (Lipinski definition) is 2. The predicted octanol–water partition coefficient (Wildman–Crippen LogP) is 2.91. The quantitative estimate of drug-likeness (QED) is 0.622. The molecule has 0 saturated heterocycles. The minimum absolute atomic E-state index is 0.0205. The number of sulfonamides is 1. The second-order valence-corrected chi connectivity index (χ2v) is 8.89. The van der Waals surface area contributed by atoms with E-state index in [4.69, 9.17) is 9.47 Å². The van der Waals surface area contributed by atoms with Gasteiger partial charge in [-0.1, -0.05) is 6.07 Å². The van der Waals surface area contributed by atoms with E-state index in [1.807, 2.05) is 12.3 Å². The molecule has 8 nitrogen and oxygen atoms in total. The van der Waals surface area contributed by atoms with Crippen LogP contribution in [0.3, 0.4) is 0 Å². The molecule has 1 aliphatic rings. The van der Waals surface area contributed by atoms with E-state index in [0.717, 1.165) is 10.7 Å². The van der Waals surface area contributed by atoms with Crippen molar-refractivity contribution >= 4 is 33.0 Å². The maximum atomic E-state index is 12.7. The number of aromatic nitrogens is 1. The third-order valence-corrected chi connectivity index (χ3v) is 6.44. The maximum absolute atomic E-state index is 12.7. The summed E-state index contributed by atoms with van der Waals surface area (Å²) < 4.78 is 38.4. The molecule has 29 heavy (non-hydrogen) atoms. The van der Waals surface area contributed by atoms with Gasteiger partial charge < -0.3 is 14.8 Å². The van der Waals surface area contributed by atoms with Crippen molar-refractivity contribution in [3.63, 3.8) is 0 Å². The second-order valence-electron chi connectivity index (χ2n) is 6.27. The maximum Gasteiger partial charge on any atom is 0.261 e. The van der Waals surface area contributed by atoms with E-state index in [-0.39, 0.29) is 29.7 Å². The third kappa shape index (κ3) is 4.33. The number of nitrogens with zero attached hydrogens (tertiary/aromatic N) is 1. The minimum Gasteiger partial charge on any atom is -0.454 e. The number of nitrogens with one attached hydrogen (secondary N) is 2. The average molecular weight is 431 g/mol. The summed E-state index contributed by atoms with van der Waals surface area (Å²) in [7, 11) is -3.89. The van der Waals surface area contributed by atoms with Crippen LogP contribution in [0.1, 0.15) is 21.1 Å². The summed E-state index contributed by atoms with van der Waals surface area (Å²) >= 11 is 1.45. The second kappa shape index (κ2) is 7.72. The lowest BCUT2D eigenvalue weighted by Crippen LogP contribution is -2.23. The van der Waals surface area contributed by atoms with E-state index in [0.29, 0.717) is 17.2 Å². The highest BCUT2D eigenvalue weighted by Crippen LogP contribution is 2.34. The first-order valence-corrected chi connectivity index (χ1v) is 11.0. The molecule has 0 aliphatic carbocycles. The predicted molar refractivity (Wildman–Crippen MR) is 108 cm³/mol. The molecule has 0 atom stereocenters. The zero-order chi connectivity index (χ0) is 20.4. The Labute approximate surface area is 171 Å². The molecule has 1 aliphatic heterocycles. The number of carbonyl (C=O) groups excluding carboxylic acids is 1. The zero-order valence-electron chi connectivity index (χ0n) is 15.3. The summed E-state index contributed by atoms with van der Waals surface area (Å²) in [4.78, 5) is 16.7. The molecule has 0 unspecified atom stereocenters. The molecular formula is C19H17N3O5S2. The molecule has 2 aromatic carbocycles. The molecular weight excluding hydrogens is 414 g/mol. The topological polar surface area (TPSA) is 107 Å². The van der Waals surface area contributed by atoms with Crippen LogP contribution in [-0.2, 0) is 16.6 Å². The highest BCUT2D eigenvalue weighted by atomic mass is 32.2. The lowest BCUT2D eigenvalue weighted by molar-refractivity contribution is 0.0950. The van der Waals surface area contributed by atoms with E-state index >= 15 is 0 Å². The Morgan fingerprint density at radius 2 is 2.00 bits per heavy atom. The summed E-state index contributed by atoms with van der Waals surface area (Å²) in [6.07, 6.45) is 0. The largest absolute Gasteiger partial charge is 0.454 e. The van der Waals surface area contributed by atoms with Crippen LogP contribution in [0.15, 0.2) is 52.7 Å². The van der Waals surface area contributed by atoms with Gasteiger partial charge in [-0.3, -0.25) is 9.52 Å². The van der Waals surface area contributed by atoms with Crippen molar-refractivity contribution in [1.29, 1.82) is 0 Å². The minimum atomic E-state index is -3.89. The van der Waals surface area contributed by atoms with Gasteiger partial charge in [0.05, 0.1) is 17.1 Å². The number of amides is 1. The molecule has 1 amide bonds. The van der Waals surface area contributed by atoms with E-state index in [1.54, 1.807) is 24.3 Å². The Kier molecular flexibility index (Phi) is 5.12. The van der Waals surface area contributed by atoms with Crippen molar-refractivity contribution in [2.24, 2.45) is 0 Å². The fourth-order valence-corrected chi connectivity index (χ4v) is 4.53. The lowest BCUT2D eigenvalue weighted by Gasteiger charge is -2.10. The first-order valence-electron chi connectivity index (χ1n) is 8.62. The molecule has 0 fully saturated rings. The molecule has 4 rings (SSSR count). The smallest absolute Gasteiger partial charge is 0.261 e. The van der Waals surface area contributed by atoms with E-state index < -0.39 is 10.0 Å². The average Bonchev–Trinajstić information content (AvgIpc) is 3.34. The third-order valence-electron chi connectivity index (χ3n) is 4.10. The number of benzene rings is 2. The van der Waals surface area contributed by atoms with Crippen molar-refractivity contribution in [1.82, 2.24) is 10.3 Å². The van der Waals surface area contributed by atoms with Gasteiger partial charge in [0.1, 0.15) is 5.01 Å². The van der Waals surface area contributed by atoms with Crippen molar-refractivity contribution in [3.05, 3.63) is 64.1 Å². The van der Waals surface area contributed by atoms with Crippen LogP contribution >= 0.6 is 11.3 Å². The number of anilines is 1. The highest BCUT2D eigenvalue weighted by Gasteiger charge is 2.19. The molecule has 3 aromatic rings. The Morgan fingerprint density at radius 3 is 2.79 bits per heavy atom. The van der Waals surface area contributed by atoms with Gasteiger partial charge in [-0.05, 0) is 37.3 Å². The summed E-state index contributed by atoms with van der Waals surface area (Å²) in [5.74, 6) is 0.649. The van der Waals surface area contributed by atoms with Gasteiger partial charge in [-0.2, -0.15) is 0 Å². The number of thiazole rings is 1. The molecule has 1 aromatic heterocycles. The van der Waals surface area contributed by atoms with E-state index in [9.17, 15) is 13.2 Å². The van der Waals surface area contributed by atoms with Gasteiger partial charge in [0.2, 0.25) is 6.79 Å². The van der Waals surface area contributed by atoms with Crippen LogP contribution < -0.4 is 19.5 Å². The summed E-state index contributed by atoms with van der Waals surface area (Å²) in [6, 6.07) is 10.6. The van der Waals surface area contributed by atoms with E-state index in [1.165, 1.54) is 29.5 Å². The molecule has 0 bridgehead atoms.